The van der Waals surface area contributed by atoms with Crippen molar-refractivity contribution in [2.24, 2.45) is 0 Å². The van der Waals surface area contributed by atoms with Gasteiger partial charge in [0.25, 0.3) is 5.91 Å². The molecule has 0 aliphatic carbocycles. The number of carbonyl (C=O) groups excluding carboxylic acids is 1. The van der Waals surface area contributed by atoms with E-state index in [0.717, 1.165) is 18.7 Å². The van der Waals surface area contributed by atoms with E-state index in [4.69, 9.17) is 9.47 Å². The minimum atomic E-state index is 0.0522. The Labute approximate surface area is 106 Å². The largest absolute Gasteiger partial charge is 0.486 e. The third kappa shape index (κ3) is 2.06. The van der Waals surface area contributed by atoms with Gasteiger partial charge in [0.1, 0.15) is 13.2 Å². The van der Waals surface area contributed by atoms with E-state index in [-0.39, 0.29) is 5.91 Å². The first-order valence-electron chi connectivity index (χ1n) is 6.18. The number of rotatable bonds is 1. The van der Waals surface area contributed by atoms with E-state index >= 15 is 0 Å². The van der Waals surface area contributed by atoms with Gasteiger partial charge in [-0.1, -0.05) is 12.2 Å². The monoisotopic (exact) mass is 245 g/mol. The van der Waals surface area contributed by atoms with Crippen LogP contribution in [0.15, 0.2) is 30.4 Å². The summed E-state index contributed by atoms with van der Waals surface area (Å²) in [4.78, 5) is 14.1. The summed E-state index contributed by atoms with van der Waals surface area (Å²) in [6.45, 7) is 2.57. The van der Waals surface area contributed by atoms with Gasteiger partial charge in [0.05, 0.1) is 0 Å². The Morgan fingerprint density at radius 3 is 2.72 bits per heavy atom. The van der Waals surface area contributed by atoms with E-state index in [2.05, 4.69) is 6.08 Å². The number of benzene rings is 1. The minimum absolute atomic E-state index is 0.0522. The first kappa shape index (κ1) is 11.1. The van der Waals surface area contributed by atoms with Gasteiger partial charge in [-0.25, -0.2) is 0 Å². The van der Waals surface area contributed by atoms with Crippen molar-refractivity contribution in [2.75, 3.05) is 26.3 Å². The van der Waals surface area contributed by atoms with Gasteiger partial charge < -0.3 is 14.4 Å². The number of fused-ring (bicyclic) bond motifs is 1. The molecule has 2 heterocycles. The summed E-state index contributed by atoms with van der Waals surface area (Å²) in [6, 6.07) is 5.38. The number of carbonyl (C=O) groups is 1. The van der Waals surface area contributed by atoms with Crippen LogP contribution in [-0.2, 0) is 0 Å². The molecule has 1 aromatic carbocycles. The molecule has 0 atom stereocenters. The van der Waals surface area contributed by atoms with E-state index in [0.29, 0.717) is 31.1 Å². The normalized spacial score (nSPS) is 17.7. The predicted molar refractivity (Wildman–Crippen MR) is 67.1 cm³/mol. The molecular weight excluding hydrogens is 230 g/mol. The number of amides is 1. The molecule has 94 valence electrons. The van der Waals surface area contributed by atoms with Crippen LogP contribution in [-0.4, -0.2) is 37.1 Å². The Bertz CT molecular complexity index is 496. The van der Waals surface area contributed by atoms with Gasteiger partial charge >= 0.3 is 0 Å². The molecule has 0 aromatic heterocycles. The summed E-state index contributed by atoms with van der Waals surface area (Å²) in [5.74, 6) is 1.44. The van der Waals surface area contributed by atoms with E-state index < -0.39 is 0 Å². The highest BCUT2D eigenvalue weighted by molar-refractivity contribution is 5.95. The second-order valence-electron chi connectivity index (χ2n) is 4.37. The number of hydrogen-bond donors (Lipinski definition) is 0. The van der Waals surface area contributed by atoms with Crippen LogP contribution in [0.25, 0.3) is 0 Å². The highest BCUT2D eigenvalue weighted by Gasteiger charge is 2.19. The topological polar surface area (TPSA) is 38.8 Å². The fourth-order valence-corrected chi connectivity index (χ4v) is 2.18. The molecule has 4 nitrogen and oxygen atoms in total. The lowest BCUT2D eigenvalue weighted by Gasteiger charge is -2.24. The fourth-order valence-electron chi connectivity index (χ4n) is 2.18. The molecule has 18 heavy (non-hydrogen) atoms. The van der Waals surface area contributed by atoms with Crippen molar-refractivity contribution in [3.8, 4) is 11.5 Å². The Balaban J connectivity index is 1.83. The number of ether oxygens (including phenoxy) is 2. The van der Waals surface area contributed by atoms with Gasteiger partial charge in [-0.15, -0.1) is 0 Å². The summed E-state index contributed by atoms with van der Waals surface area (Å²) in [6.07, 6.45) is 5.06. The molecule has 0 saturated heterocycles. The summed E-state index contributed by atoms with van der Waals surface area (Å²) >= 11 is 0. The first-order chi connectivity index (χ1) is 8.84. The van der Waals surface area contributed by atoms with Crippen LogP contribution in [0.2, 0.25) is 0 Å². The lowest BCUT2D eigenvalue weighted by Crippen LogP contribution is -2.33. The number of nitrogens with zero attached hydrogens (tertiary/aromatic N) is 1. The summed E-state index contributed by atoms with van der Waals surface area (Å²) in [5.41, 5.74) is 0.662. The zero-order valence-electron chi connectivity index (χ0n) is 10.1. The van der Waals surface area contributed by atoms with Crippen LogP contribution < -0.4 is 9.47 Å². The minimum Gasteiger partial charge on any atom is -0.486 e. The second kappa shape index (κ2) is 4.72. The maximum absolute atomic E-state index is 12.3. The van der Waals surface area contributed by atoms with Crippen molar-refractivity contribution in [1.82, 2.24) is 4.90 Å². The Hall–Kier alpha value is -1.97. The Kier molecular flexibility index (Phi) is 2.92. The van der Waals surface area contributed by atoms with Crippen LogP contribution in [0, 0.1) is 0 Å². The van der Waals surface area contributed by atoms with E-state index in [1.54, 1.807) is 12.1 Å². The Morgan fingerprint density at radius 1 is 1.11 bits per heavy atom. The molecule has 3 rings (SSSR count). The molecule has 0 spiro atoms. The zero-order chi connectivity index (χ0) is 12.4. The molecule has 0 N–H and O–H groups in total. The van der Waals surface area contributed by atoms with Crippen molar-refractivity contribution in [3.63, 3.8) is 0 Å². The molecule has 0 saturated carbocycles. The molecule has 0 fully saturated rings. The van der Waals surface area contributed by atoms with Crippen LogP contribution in [0.4, 0.5) is 0 Å². The average molecular weight is 245 g/mol. The van der Waals surface area contributed by atoms with Crippen molar-refractivity contribution in [1.29, 1.82) is 0 Å². The smallest absolute Gasteiger partial charge is 0.254 e. The summed E-state index contributed by atoms with van der Waals surface area (Å²) in [5, 5.41) is 0. The van der Waals surface area contributed by atoms with Gasteiger partial charge in [0, 0.05) is 18.7 Å². The molecule has 0 bridgehead atoms. The highest BCUT2D eigenvalue weighted by atomic mass is 16.6. The Morgan fingerprint density at radius 2 is 1.94 bits per heavy atom. The van der Waals surface area contributed by atoms with Crippen molar-refractivity contribution >= 4 is 5.91 Å². The highest BCUT2D eigenvalue weighted by Crippen LogP contribution is 2.31. The van der Waals surface area contributed by atoms with Gasteiger partial charge in [-0.3, -0.25) is 4.79 Å². The average Bonchev–Trinajstić information content (AvgIpc) is 2.47. The van der Waals surface area contributed by atoms with Crippen molar-refractivity contribution in [3.05, 3.63) is 35.9 Å². The van der Waals surface area contributed by atoms with Gasteiger partial charge in [-0.2, -0.15) is 0 Å². The standard InChI is InChI=1S/C14H15NO3/c16-14(15-6-2-1-3-7-15)11-4-5-12-13(10-11)18-9-8-17-12/h1-2,4-5,10H,3,6-9H2. The SMILES string of the molecule is O=C(c1ccc2c(c1)OCCO2)N1CC=CCC1. The van der Waals surface area contributed by atoms with Crippen LogP contribution >= 0.6 is 0 Å². The molecular formula is C14H15NO3. The van der Waals surface area contributed by atoms with Crippen LogP contribution in [0.3, 0.4) is 0 Å². The molecule has 0 unspecified atom stereocenters. The van der Waals surface area contributed by atoms with Crippen LogP contribution in [0.1, 0.15) is 16.8 Å². The predicted octanol–water partition coefficient (Wildman–Crippen LogP) is 1.86. The quantitative estimate of drug-likeness (QED) is 0.709. The third-order valence-corrected chi connectivity index (χ3v) is 3.13. The molecule has 2 aliphatic heterocycles. The number of hydrogen-bond acceptors (Lipinski definition) is 3. The second-order valence-corrected chi connectivity index (χ2v) is 4.37. The van der Waals surface area contributed by atoms with E-state index in [1.165, 1.54) is 0 Å². The molecule has 1 aromatic rings. The molecule has 0 radical (unpaired) electrons. The van der Waals surface area contributed by atoms with Gasteiger partial charge in [0.15, 0.2) is 11.5 Å². The van der Waals surface area contributed by atoms with Crippen molar-refractivity contribution < 1.29 is 14.3 Å². The zero-order valence-corrected chi connectivity index (χ0v) is 10.1. The third-order valence-electron chi connectivity index (χ3n) is 3.13. The van der Waals surface area contributed by atoms with E-state index in [9.17, 15) is 4.79 Å². The van der Waals surface area contributed by atoms with Gasteiger partial charge in [-0.05, 0) is 24.6 Å². The molecule has 4 heteroatoms. The lowest BCUT2D eigenvalue weighted by atomic mass is 10.1. The van der Waals surface area contributed by atoms with Crippen molar-refractivity contribution in [2.45, 2.75) is 6.42 Å². The summed E-state index contributed by atoms with van der Waals surface area (Å²) < 4.78 is 10.9. The fraction of sp³-hybridized carbons (Fsp3) is 0.357. The maximum atomic E-state index is 12.3. The van der Waals surface area contributed by atoms with E-state index in [1.807, 2.05) is 17.0 Å². The first-order valence-corrected chi connectivity index (χ1v) is 6.18. The molecule has 2 aliphatic rings. The maximum Gasteiger partial charge on any atom is 0.254 e. The van der Waals surface area contributed by atoms with Crippen LogP contribution in [0.5, 0.6) is 11.5 Å². The van der Waals surface area contributed by atoms with Gasteiger partial charge in [0.2, 0.25) is 0 Å². The summed E-state index contributed by atoms with van der Waals surface area (Å²) in [7, 11) is 0. The lowest BCUT2D eigenvalue weighted by molar-refractivity contribution is 0.0770. The molecule has 1 amide bonds.